The standard InChI is InChI=1S/C30H22N2O3/c1-33-24-14-10-21(11-15-24)28-27(18-31)30(35-29(28)22-12-16-25(34-2)17-13-22)32-19-23-8-5-7-20-6-3-4-9-26(20)23/h3-17,19H,1-2H3. The maximum absolute atomic E-state index is 10.1. The smallest absolute Gasteiger partial charge is 0.238 e. The monoisotopic (exact) mass is 458 g/mol. The molecule has 0 atom stereocenters. The van der Waals surface area contributed by atoms with Gasteiger partial charge in [-0.15, -0.1) is 0 Å². The first-order valence-electron chi connectivity index (χ1n) is 11.1. The second kappa shape index (κ2) is 9.58. The van der Waals surface area contributed by atoms with Crippen LogP contribution in [0.5, 0.6) is 11.5 Å². The van der Waals surface area contributed by atoms with Crippen molar-refractivity contribution in [3.05, 3.63) is 102 Å². The molecule has 170 valence electrons. The van der Waals surface area contributed by atoms with Crippen molar-refractivity contribution < 1.29 is 13.9 Å². The Bertz CT molecular complexity index is 1550. The Labute approximate surface area is 203 Å². The molecule has 35 heavy (non-hydrogen) atoms. The normalized spacial score (nSPS) is 11.0. The number of furan rings is 1. The van der Waals surface area contributed by atoms with E-state index < -0.39 is 0 Å². The van der Waals surface area contributed by atoms with Gasteiger partial charge < -0.3 is 13.9 Å². The summed E-state index contributed by atoms with van der Waals surface area (Å²) < 4.78 is 16.9. The van der Waals surface area contributed by atoms with Crippen LogP contribution in [0.2, 0.25) is 0 Å². The van der Waals surface area contributed by atoms with Gasteiger partial charge in [-0.2, -0.15) is 5.26 Å². The molecule has 0 spiro atoms. The van der Waals surface area contributed by atoms with Crippen molar-refractivity contribution in [2.45, 2.75) is 0 Å². The number of methoxy groups -OCH3 is 2. The van der Waals surface area contributed by atoms with Crippen LogP contribution in [0.3, 0.4) is 0 Å². The van der Waals surface area contributed by atoms with E-state index in [1.807, 2.05) is 72.8 Å². The molecule has 4 aromatic carbocycles. The number of benzene rings is 4. The summed E-state index contributed by atoms with van der Waals surface area (Å²) in [6.45, 7) is 0. The molecule has 5 aromatic rings. The summed E-state index contributed by atoms with van der Waals surface area (Å²) in [4.78, 5) is 4.63. The molecule has 0 unspecified atom stereocenters. The van der Waals surface area contributed by atoms with Gasteiger partial charge in [0.05, 0.1) is 14.2 Å². The van der Waals surface area contributed by atoms with Crippen molar-refractivity contribution in [2.75, 3.05) is 14.2 Å². The zero-order valence-corrected chi connectivity index (χ0v) is 19.4. The molecule has 5 heteroatoms. The van der Waals surface area contributed by atoms with Gasteiger partial charge in [0.25, 0.3) is 0 Å². The third-order valence-electron chi connectivity index (χ3n) is 5.88. The van der Waals surface area contributed by atoms with Crippen LogP contribution in [-0.4, -0.2) is 20.4 Å². The summed E-state index contributed by atoms with van der Waals surface area (Å²) >= 11 is 0. The first kappa shape index (κ1) is 22.0. The molecule has 5 rings (SSSR count). The molecular weight excluding hydrogens is 436 g/mol. The Balaban J connectivity index is 1.67. The van der Waals surface area contributed by atoms with Crippen molar-refractivity contribution >= 4 is 22.9 Å². The van der Waals surface area contributed by atoms with Crippen LogP contribution >= 0.6 is 0 Å². The van der Waals surface area contributed by atoms with Gasteiger partial charge in [0.1, 0.15) is 28.9 Å². The van der Waals surface area contributed by atoms with Crippen LogP contribution in [0.25, 0.3) is 33.2 Å². The topological polar surface area (TPSA) is 67.8 Å². The molecule has 1 aromatic heterocycles. The van der Waals surface area contributed by atoms with Crippen molar-refractivity contribution in [3.8, 4) is 40.0 Å². The van der Waals surface area contributed by atoms with Gasteiger partial charge in [0.15, 0.2) is 0 Å². The summed E-state index contributed by atoms with van der Waals surface area (Å²) in [6.07, 6.45) is 1.75. The SMILES string of the molecule is COc1ccc(-c2oc(N=Cc3cccc4ccccc34)c(C#N)c2-c2ccc(OC)cc2)cc1. The summed E-state index contributed by atoms with van der Waals surface area (Å²) in [5.74, 6) is 2.30. The average molecular weight is 459 g/mol. The van der Waals surface area contributed by atoms with Crippen molar-refractivity contribution in [1.82, 2.24) is 0 Å². The molecule has 0 aliphatic carbocycles. The largest absolute Gasteiger partial charge is 0.497 e. The molecule has 0 saturated heterocycles. The molecule has 0 aliphatic rings. The number of nitriles is 1. The van der Waals surface area contributed by atoms with Crippen LogP contribution in [0.4, 0.5) is 5.88 Å². The van der Waals surface area contributed by atoms with Gasteiger partial charge in [-0.25, -0.2) is 4.99 Å². The highest BCUT2D eigenvalue weighted by Gasteiger charge is 2.23. The van der Waals surface area contributed by atoms with Gasteiger partial charge >= 0.3 is 0 Å². The van der Waals surface area contributed by atoms with E-state index in [1.54, 1.807) is 20.4 Å². The van der Waals surface area contributed by atoms with Crippen LogP contribution < -0.4 is 9.47 Å². The zero-order valence-electron chi connectivity index (χ0n) is 19.4. The quantitative estimate of drug-likeness (QED) is 0.249. The van der Waals surface area contributed by atoms with Crippen LogP contribution in [0.1, 0.15) is 11.1 Å². The Morgan fingerprint density at radius 3 is 2.06 bits per heavy atom. The van der Waals surface area contributed by atoms with Gasteiger partial charge in [-0.1, -0.05) is 54.6 Å². The fourth-order valence-corrected chi connectivity index (χ4v) is 4.08. The van der Waals surface area contributed by atoms with Crippen LogP contribution in [-0.2, 0) is 0 Å². The fourth-order valence-electron chi connectivity index (χ4n) is 4.08. The highest BCUT2D eigenvalue weighted by atomic mass is 16.5. The van der Waals surface area contributed by atoms with E-state index >= 15 is 0 Å². The zero-order chi connectivity index (χ0) is 24.2. The Morgan fingerprint density at radius 2 is 1.40 bits per heavy atom. The van der Waals surface area contributed by atoms with Gasteiger partial charge in [0, 0.05) is 22.9 Å². The summed E-state index contributed by atoms with van der Waals surface area (Å²) in [5.41, 5.74) is 3.66. The minimum absolute atomic E-state index is 0.261. The van der Waals surface area contributed by atoms with E-state index in [9.17, 15) is 5.26 Å². The molecule has 5 nitrogen and oxygen atoms in total. The first-order chi connectivity index (χ1) is 17.2. The first-order valence-corrected chi connectivity index (χ1v) is 11.1. The van der Waals surface area contributed by atoms with E-state index in [1.165, 1.54) is 0 Å². The Hall–Kier alpha value is -4.82. The van der Waals surface area contributed by atoms with E-state index in [0.717, 1.165) is 39.0 Å². The molecule has 0 bridgehead atoms. The minimum atomic E-state index is 0.261. The minimum Gasteiger partial charge on any atom is -0.497 e. The summed E-state index contributed by atoms with van der Waals surface area (Å²) in [7, 11) is 3.25. The predicted molar refractivity (Wildman–Crippen MR) is 139 cm³/mol. The number of aliphatic imine (C=N–C) groups is 1. The number of hydrogen-bond donors (Lipinski definition) is 0. The predicted octanol–water partition coefficient (Wildman–Crippen LogP) is 7.41. The lowest BCUT2D eigenvalue weighted by Crippen LogP contribution is -1.87. The van der Waals surface area contributed by atoms with Gasteiger partial charge in [-0.3, -0.25) is 0 Å². The number of fused-ring (bicyclic) bond motifs is 1. The third kappa shape index (κ3) is 4.25. The molecule has 0 saturated carbocycles. The molecule has 0 N–H and O–H groups in total. The average Bonchev–Trinajstić information content (AvgIpc) is 3.30. The van der Waals surface area contributed by atoms with Crippen molar-refractivity contribution in [1.29, 1.82) is 5.26 Å². The summed E-state index contributed by atoms with van der Waals surface area (Å²) in [6, 6.07) is 31.6. The van der Waals surface area contributed by atoms with Gasteiger partial charge in [-0.05, 0) is 52.7 Å². The second-order valence-electron chi connectivity index (χ2n) is 7.88. The third-order valence-corrected chi connectivity index (χ3v) is 5.88. The molecule has 0 aliphatic heterocycles. The molecule has 0 amide bonds. The van der Waals surface area contributed by atoms with Crippen molar-refractivity contribution in [3.63, 3.8) is 0 Å². The van der Waals surface area contributed by atoms with E-state index in [0.29, 0.717) is 16.9 Å². The lowest BCUT2D eigenvalue weighted by Gasteiger charge is -2.06. The number of hydrogen-bond acceptors (Lipinski definition) is 5. The maximum Gasteiger partial charge on any atom is 0.238 e. The highest BCUT2D eigenvalue weighted by molar-refractivity contribution is 6.00. The van der Waals surface area contributed by atoms with Crippen molar-refractivity contribution in [2.24, 2.45) is 4.99 Å². The highest BCUT2D eigenvalue weighted by Crippen LogP contribution is 2.43. The maximum atomic E-state index is 10.1. The van der Waals surface area contributed by atoms with Gasteiger partial charge in [0.2, 0.25) is 5.88 Å². The summed E-state index contributed by atoms with van der Waals surface area (Å²) in [5, 5.41) is 12.3. The van der Waals surface area contributed by atoms with E-state index in [-0.39, 0.29) is 5.88 Å². The Kier molecular flexibility index (Phi) is 6.02. The van der Waals surface area contributed by atoms with Crippen LogP contribution in [0, 0.1) is 11.3 Å². The van der Waals surface area contributed by atoms with Crippen LogP contribution in [0.15, 0.2) is 100 Å². The lowest BCUT2D eigenvalue weighted by molar-refractivity contribution is 0.414. The molecule has 0 fully saturated rings. The fraction of sp³-hybridized carbons (Fsp3) is 0.0667. The lowest BCUT2D eigenvalue weighted by atomic mass is 9.98. The second-order valence-corrected chi connectivity index (χ2v) is 7.88. The Morgan fingerprint density at radius 1 is 0.771 bits per heavy atom. The van der Waals surface area contributed by atoms with E-state index in [2.05, 4.69) is 29.3 Å². The molecular formula is C30H22N2O3. The van der Waals surface area contributed by atoms with E-state index in [4.69, 9.17) is 13.9 Å². The molecule has 1 heterocycles. The number of ether oxygens (including phenoxy) is 2. The number of nitrogens with zero attached hydrogens (tertiary/aromatic N) is 2. The molecule has 0 radical (unpaired) electrons. The number of rotatable bonds is 6.